The van der Waals surface area contributed by atoms with Gasteiger partial charge < -0.3 is 10.1 Å². The van der Waals surface area contributed by atoms with E-state index in [2.05, 4.69) is 5.32 Å². The predicted octanol–water partition coefficient (Wildman–Crippen LogP) is 5.09. The molecule has 0 saturated heterocycles. The third kappa shape index (κ3) is 4.22. The molecule has 3 heteroatoms. The van der Waals surface area contributed by atoms with Gasteiger partial charge in [-0.1, -0.05) is 12.1 Å². The number of nitrogens with one attached hydrogen (secondary N) is 1. The molecule has 0 aliphatic carbocycles. The first-order valence-corrected chi connectivity index (χ1v) is 7.25. The molecule has 2 nitrogen and oxygen atoms in total. The van der Waals surface area contributed by atoms with Crippen LogP contribution >= 0.6 is 0 Å². The highest BCUT2D eigenvalue weighted by atomic mass is 19.1. The van der Waals surface area contributed by atoms with Crippen molar-refractivity contribution in [2.45, 2.75) is 39.8 Å². The van der Waals surface area contributed by atoms with Gasteiger partial charge in [-0.25, -0.2) is 4.39 Å². The zero-order valence-electron chi connectivity index (χ0n) is 13.0. The van der Waals surface area contributed by atoms with Gasteiger partial charge in [-0.2, -0.15) is 0 Å². The molecule has 0 spiro atoms. The van der Waals surface area contributed by atoms with Gasteiger partial charge >= 0.3 is 0 Å². The Bertz CT molecular complexity index is 610. The van der Waals surface area contributed by atoms with Gasteiger partial charge in [0.25, 0.3) is 0 Å². The van der Waals surface area contributed by atoms with Crippen molar-refractivity contribution in [1.82, 2.24) is 0 Å². The molecular formula is C18H22FNO. The molecule has 0 fully saturated rings. The lowest BCUT2D eigenvalue weighted by molar-refractivity contribution is 0.242. The second-order valence-electron chi connectivity index (χ2n) is 5.56. The van der Waals surface area contributed by atoms with Gasteiger partial charge in [0.2, 0.25) is 0 Å². The maximum atomic E-state index is 13.3. The van der Waals surface area contributed by atoms with E-state index in [0.717, 1.165) is 22.6 Å². The summed E-state index contributed by atoms with van der Waals surface area (Å²) in [7, 11) is 0. The first kappa shape index (κ1) is 15.4. The Morgan fingerprint density at radius 1 is 1.05 bits per heavy atom. The average Bonchev–Trinajstić information content (AvgIpc) is 2.41. The van der Waals surface area contributed by atoms with Crippen molar-refractivity contribution in [3.05, 3.63) is 59.4 Å². The number of benzene rings is 2. The second kappa shape index (κ2) is 6.61. The van der Waals surface area contributed by atoms with E-state index in [9.17, 15) is 4.39 Å². The third-order valence-electron chi connectivity index (χ3n) is 3.29. The van der Waals surface area contributed by atoms with Crippen molar-refractivity contribution in [2.75, 3.05) is 5.32 Å². The van der Waals surface area contributed by atoms with Crippen LogP contribution in [0.25, 0.3) is 0 Å². The van der Waals surface area contributed by atoms with Crippen molar-refractivity contribution in [1.29, 1.82) is 0 Å². The SMILES string of the molecule is Cc1cc(OC(C)C)ccc1NC(C)c1cccc(F)c1. The van der Waals surface area contributed by atoms with Crippen molar-refractivity contribution in [2.24, 2.45) is 0 Å². The minimum Gasteiger partial charge on any atom is -0.491 e. The minimum absolute atomic E-state index is 0.0382. The number of aryl methyl sites for hydroxylation is 1. The summed E-state index contributed by atoms with van der Waals surface area (Å²) in [4.78, 5) is 0. The maximum absolute atomic E-state index is 13.3. The Hall–Kier alpha value is -2.03. The van der Waals surface area contributed by atoms with E-state index in [1.807, 2.05) is 52.0 Å². The van der Waals surface area contributed by atoms with Crippen LogP contribution in [-0.4, -0.2) is 6.10 Å². The molecule has 1 atom stereocenters. The first-order valence-electron chi connectivity index (χ1n) is 7.25. The minimum atomic E-state index is -0.210. The molecule has 0 aliphatic heterocycles. The van der Waals surface area contributed by atoms with Crippen molar-refractivity contribution < 1.29 is 9.13 Å². The molecule has 0 aromatic heterocycles. The fourth-order valence-electron chi connectivity index (χ4n) is 2.24. The van der Waals surface area contributed by atoms with Gasteiger partial charge in [0.1, 0.15) is 11.6 Å². The van der Waals surface area contributed by atoms with Crippen LogP contribution in [0.1, 0.15) is 37.9 Å². The number of halogens is 1. The molecule has 2 aromatic rings. The van der Waals surface area contributed by atoms with E-state index in [0.29, 0.717) is 0 Å². The third-order valence-corrected chi connectivity index (χ3v) is 3.29. The summed E-state index contributed by atoms with van der Waals surface area (Å²) >= 11 is 0. The fourth-order valence-corrected chi connectivity index (χ4v) is 2.24. The van der Waals surface area contributed by atoms with Crippen LogP contribution in [0.3, 0.4) is 0 Å². The second-order valence-corrected chi connectivity index (χ2v) is 5.56. The summed E-state index contributed by atoms with van der Waals surface area (Å²) in [5, 5.41) is 3.41. The van der Waals surface area contributed by atoms with E-state index < -0.39 is 0 Å². The molecule has 2 aromatic carbocycles. The Kier molecular flexibility index (Phi) is 4.84. The Balaban J connectivity index is 2.12. The lowest BCUT2D eigenvalue weighted by Crippen LogP contribution is -2.09. The number of rotatable bonds is 5. The molecule has 0 heterocycles. The van der Waals surface area contributed by atoms with Crippen LogP contribution in [-0.2, 0) is 0 Å². The molecule has 112 valence electrons. The summed E-state index contributed by atoms with van der Waals surface area (Å²) < 4.78 is 19.0. The van der Waals surface area contributed by atoms with E-state index in [-0.39, 0.29) is 18.0 Å². The zero-order valence-corrected chi connectivity index (χ0v) is 13.0. The van der Waals surface area contributed by atoms with Crippen LogP contribution in [0.5, 0.6) is 5.75 Å². The number of hydrogen-bond acceptors (Lipinski definition) is 2. The highest BCUT2D eigenvalue weighted by molar-refractivity contribution is 5.54. The lowest BCUT2D eigenvalue weighted by atomic mass is 10.1. The average molecular weight is 287 g/mol. The topological polar surface area (TPSA) is 21.3 Å². The van der Waals surface area contributed by atoms with Gasteiger partial charge in [-0.15, -0.1) is 0 Å². The molecule has 0 radical (unpaired) electrons. The van der Waals surface area contributed by atoms with Crippen LogP contribution < -0.4 is 10.1 Å². The van der Waals surface area contributed by atoms with E-state index in [1.165, 1.54) is 6.07 Å². The summed E-state index contributed by atoms with van der Waals surface area (Å²) in [5.74, 6) is 0.657. The summed E-state index contributed by atoms with van der Waals surface area (Å²) in [6, 6.07) is 12.7. The molecule has 1 unspecified atom stereocenters. The highest BCUT2D eigenvalue weighted by Gasteiger charge is 2.09. The van der Waals surface area contributed by atoms with Crippen LogP contribution in [0, 0.1) is 12.7 Å². The van der Waals surface area contributed by atoms with Gasteiger partial charge in [-0.3, -0.25) is 0 Å². The standard InChI is InChI=1S/C18H22FNO/c1-12(2)21-17-8-9-18(13(3)10-17)20-14(4)15-6-5-7-16(19)11-15/h5-12,14,20H,1-4H3. The Labute approximate surface area is 126 Å². The Morgan fingerprint density at radius 3 is 2.43 bits per heavy atom. The molecule has 0 aliphatic rings. The molecule has 0 amide bonds. The lowest BCUT2D eigenvalue weighted by Gasteiger charge is -2.19. The quantitative estimate of drug-likeness (QED) is 0.826. The zero-order chi connectivity index (χ0) is 15.4. The predicted molar refractivity (Wildman–Crippen MR) is 85.4 cm³/mol. The highest BCUT2D eigenvalue weighted by Crippen LogP contribution is 2.26. The van der Waals surface area contributed by atoms with Crippen molar-refractivity contribution >= 4 is 5.69 Å². The van der Waals surface area contributed by atoms with Gasteiger partial charge in [0.05, 0.1) is 6.10 Å². The maximum Gasteiger partial charge on any atom is 0.123 e. The van der Waals surface area contributed by atoms with E-state index in [4.69, 9.17) is 4.74 Å². The largest absolute Gasteiger partial charge is 0.491 e. The van der Waals surface area contributed by atoms with Crippen molar-refractivity contribution in [3.8, 4) is 5.75 Å². The number of hydrogen-bond donors (Lipinski definition) is 1. The molecule has 0 bridgehead atoms. The van der Waals surface area contributed by atoms with Crippen LogP contribution in [0.2, 0.25) is 0 Å². The molecule has 0 saturated carbocycles. The molecular weight excluding hydrogens is 265 g/mol. The van der Waals surface area contributed by atoms with E-state index in [1.54, 1.807) is 12.1 Å². The van der Waals surface area contributed by atoms with Crippen LogP contribution in [0.4, 0.5) is 10.1 Å². The summed E-state index contributed by atoms with van der Waals surface area (Å²) in [5.41, 5.74) is 3.07. The smallest absolute Gasteiger partial charge is 0.123 e. The van der Waals surface area contributed by atoms with Crippen molar-refractivity contribution in [3.63, 3.8) is 0 Å². The molecule has 2 rings (SSSR count). The van der Waals surface area contributed by atoms with E-state index >= 15 is 0 Å². The van der Waals surface area contributed by atoms with Gasteiger partial charge in [0, 0.05) is 11.7 Å². The molecule has 1 N–H and O–H groups in total. The monoisotopic (exact) mass is 287 g/mol. The fraction of sp³-hybridized carbons (Fsp3) is 0.333. The number of anilines is 1. The normalized spacial score (nSPS) is 12.3. The summed E-state index contributed by atoms with van der Waals surface area (Å²) in [6.07, 6.45) is 0.162. The molecule has 21 heavy (non-hydrogen) atoms. The Morgan fingerprint density at radius 2 is 1.81 bits per heavy atom. The number of ether oxygens (including phenoxy) is 1. The van der Waals surface area contributed by atoms with Gasteiger partial charge in [0.15, 0.2) is 0 Å². The first-order chi connectivity index (χ1) is 9.95. The van der Waals surface area contributed by atoms with Gasteiger partial charge in [-0.05, 0) is 69.2 Å². The summed E-state index contributed by atoms with van der Waals surface area (Å²) in [6.45, 7) is 8.07. The van der Waals surface area contributed by atoms with Crippen LogP contribution in [0.15, 0.2) is 42.5 Å².